The molecule has 184 valence electrons. The molecule has 2 heterocycles. The van der Waals surface area contributed by atoms with Crippen LogP contribution in [0.2, 0.25) is 0 Å². The van der Waals surface area contributed by atoms with E-state index in [1.54, 1.807) is 48.5 Å². The molecule has 0 aliphatic carbocycles. The van der Waals surface area contributed by atoms with Crippen LogP contribution in [0.15, 0.2) is 77.7 Å². The molecule has 2 unspecified atom stereocenters. The van der Waals surface area contributed by atoms with Crippen molar-refractivity contribution in [1.82, 2.24) is 0 Å². The van der Waals surface area contributed by atoms with Gasteiger partial charge in [-0.15, -0.1) is 0 Å². The van der Waals surface area contributed by atoms with Crippen molar-refractivity contribution in [2.45, 2.75) is 36.7 Å². The molecule has 0 bridgehead atoms. The third-order valence-corrected chi connectivity index (χ3v) is 8.26. The average Bonchev–Trinajstić information content (AvgIpc) is 3.43. The lowest BCUT2D eigenvalue weighted by Gasteiger charge is -2.33. The number of hydrogen-bond acceptors (Lipinski definition) is 6. The van der Waals surface area contributed by atoms with Gasteiger partial charge >= 0.3 is 0 Å². The smallest absolute Gasteiger partial charge is 0.265 e. The maximum atomic E-state index is 13.9. The van der Waals surface area contributed by atoms with Crippen LogP contribution in [0.1, 0.15) is 18.1 Å². The number of amides is 2. The molecular formula is C26H22N3O6S-. The molecule has 0 radical (unpaired) electrons. The number of anilines is 3. The summed E-state index contributed by atoms with van der Waals surface area (Å²) in [6.07, 6.45) is 0.178. The van der Waals surface area contributed by atoms with Gasteiger partial charge in [0.1, 0.15) is 6.04 Å². The highest BCUT2D eigenvalue weighted by atomic mass is 32.2. The van der Waals surface area contributed by atoms with Crippen LogP contribution in [-0.4, -0.2) is 38.3 Å². The summed E-state index contributed by atoms with van der Waals surface area (Å²) in [7, 11) is -4.23. The molecule has 9 nitrogen and oxygen atoms in total. The molecule has 3 aromatic rings. The second-order valence-corrected chi connectivity index (χ2v) is 10.5. The second kappa shape index (κ2) is 8.80. The second-order valence-electron chi connectivity index (χ2n) is 8.73. The van der Waals surface area contributed by atoms with E-state index >= 15 is 0 Å². The van der Waals surface area contributed by atoms with Crippen molar-refractivity contribution in [3.05, 3.63) is 83.9 Å². The van der Waals surface area contributed by atoms with Crippen LogP contribution in [0.5, 0.6) is 0 Å². The first-order chi connectivity index (χ1) is 17.2. The van der Waals surface area contributed by atoms with Gasteiger partial charge in [0, 0.05) is 31.1 Å². The molecule has 0 spiro atoms. The fourth-order valence-electron chi connectivity index (χ4n) is 4.88. The number of carbonyl (C=O) groups excluding carboxylic acids is 3. The molecule has 2 atom stereocenters. The van der Waals surface area contributed by atoms with E-state index in [1.165, 1.54) is 31.2 Å². The van der Waals surface area contributed by atoms with Gasteiger partial charge in [-0.1, -0.05) is 36.4 Å². The molecule has 2 aliphatic heterocycles. The average molecular weight is 505 g/mol. The molecule has 0 aromatic heterocycles. The minimum atomic E-state index is -4.23. The zero-order chi connectivity index (χ0) is 25.6. The van der Waals surface area contributed by atoms with E-state index in [0.717, 1.165) is 9.21 Å². The van der Waals surface area contributed by atoms with Crippen molar-refractivity contribution in [3.8, 4) is 0 Å². The maximum absolute atomic E-state index is 13.9. The molecule has 2 amide bonds. The number of fused-ring (bicyclic) bond motifs is 2. The number of sulfonamides is 1. The molecule has 10 heteroatoms. The molecule has 36 heavy (non-hydrogen) atoms. The summed E-state index contributed by atoms with van der Waals surface area (Å²) < 4.78 is 28.8. The molecule has 3 aromatic carbocycles. The Labute approximate surface area is 208 Å². The van der Waals surface area contributed by atoms with Gasteiger partial charge in [-0.05, 0) is 47.5 Å². The lowest BCUT2D eigenvalue weighted by atomic mass is 10.1. The fraction of sp³-hybridized carbons (Fsp3) is 0.192. The Morgan fingerprint density at radius 2 is 1.39 bits per heavy atom. The van der Waals surface area contributed by atoms with Gasteiger partial charge in [-0.25, -0.2) is 8.42 Å². The number of aliphatic carboxylic acids is 1. The summed E-state index contributed by atoms with van der Waals surface area (Å²) in [6, 6.07) is 16.9. The van der Waals surface area contributed by atoms with Crippen LogP contribution in [0.4, 0.5) is 17.1 Å². The maximum Gasteiger partial charge on any atom is 0.265 e. The van der Waals surface area contributed by atoms with Gasteiger partial charge in [0.25, 0.3) is 15.9 Å². The molecule has 1 N–H and O–H groups in total. The minimum absolute atomic E-state index is 0.0654. The Balaban J connectivity index is 1.57. The number of nitrogens with zero attached hydrogens (tertiary/aromatic N) is 2. The number of rotatable bonds is 5. The van der Waals surface area contributed by atoms with Crippen molar-refractivity contribution in [2.24, 2.45) is 0 Å². The van der Waals surface area contributed by atoms with Gasteiger partial charge in [0.2, 0.25) is 5.91 Å². The first kappa shape index (κ1) is 23.6. The molecule has 2 aliphatic rings. The van der Waals surface area contributed by atoms with Crippen molar-refractivity contribution < 1.29 is 27.9 Å². The van der Waals surface area contributed by atoms with Crippen LogP contribution in [0.25, 0.3) is 0 Å². The van der Waals surface area contributed by atoms with Crippen molar-refractivity contribution in [2.75, 3.05) is 14.5 Å². The number of hydrogen-bond donors (Lipinski definition) is 1. The third-order valence-electron chi connectivity index (χ3n) is 6.43. The third kappa shape index (κ3) is 3.89. The zero-order valence-corrected chi connectivity index (χ0v) is 20.1. The van der Waals surface area contributed by atoms with Crippen LogP contribution >= 0.6 is 0 Å². The fourth-order valence-corrected chi connectivity index (χ4v) is 6.52. The quantitative estimate of drug-likeness (QED) is 0.561. The summed E-state index contributed by atoms with van der Waals surface area (Å²) in [6.45, 7) is 1.35. The lowest BCUT2D eigenvalue weighted by molar-refractivity contribution is -0.307. The van der Waals surface area contributed by atoms with Gasteiger partial charge in [0.05, 0.1) is 22.6 Å². The van der Waals surface area contributed by atoms with Gasteiger partial charge < -0.3 is 20.1 Å². The summed E-state index contributed by atoms with van der Waals surface area (Å²) in [5.74, 6) is -2.33. The first-order valence-electron chi connectivity index (χ1n) is 11.3. The lowest BCUT2D eigenvalue weighted by Crippen LogP contribution is -2.56. The molecule has 5 rings (SSSR count). The summed E-state index contributed by atoms with van der Waals surface area (Å²) in [5, 5.41) is 14.5. The number of carboxylic acid groups (broad SMARTS) is 1. The highest BCUT2D eigenvalue weighted by molar-refractivity contribution is 7.93. The Bertz CT molecular complexity index is 1490. The monoisotopic (exact) mass is 504 g/mol. The van der Waals surface area contributed by atoms with Crippen molar-refractivity contribution in [3.63, 3.8) is 0 Å². The predicted octanol–water partition coefficient (Wildman–Crippen LogP) is 1.47. The van der Waals surface area contributed by atoms with Crippen LogP contribution in [-0.2, 0) is 37.2 Å². The Morgan fingerprint density at radius 1 is 0.833 bits per heavy atom. The largest absolute Gasteiger partial charge is 0.548 e. The zero-order valence-electron chi connectivity index (χ0n) is 19.2. The van der Waals surface area contributed by atoms with E-state index in [1.807, 2.05) is 0 Å². The topological polar surface area (TPSA) is 127 Å². The first-order valence-corrected chi connectivity index (χ1v) is 12.7. The van der Waals surface area contributed by atoms with Crippen LogP contribution < -0.4 is 19.6 Å². The SMILES string of the molecule is CC(=O)Nc1ccc(S(=O)(=O)N2c3ccccc3CC2C(=O)N2c3ccccc3CC2C(=O)[O-])cc1. The van der Waals surface area contributed by atoms with E-state index in [0.29, 0.717) is 28.2 Å². The van der Waals surface area contributed by atoms with Crippen LogP contribution in [0.3, 0.4) is 0 Å². The molecule has 0 saturated heterocycles. The number of nitrogens with one attached hydrogen (secondary N) is 1. The van der Waals surface area contributed by atoms with E-state index in [2.05, 4.69) is 5.32 Å². The minimum Gasteiger partial charge on any atom is -0.548 e. The number of carbonyl (C=O) groups is 3. The number of benzene rings is 3. The Kier molecular flexibility index (Phi) is 5.76. The van der Waals surface area contributed by atoms with E-state index < -0.39 is 34.0 Å². The number of carboxylic acids is 1. The van der Waals surface area contributed by atoms with Gasteiger partial charge in [-0.3, -0.25) is 13.9 Å². The highest BCUT2D eigenvalue weighted by Gasteiger charge is 2.47. The van der Waals surface area contributed by atoms with Crippen molar-refractivity contribution >= 4 is 44.9 Å². The Morgan fingerprint density at radius 3 is 2.00 bits per heavy atom. The molecule has 0 fully saturated rings. The van der Waals surface area contributed by atoms with Crippen molar-refractivity contribution in [1.29, 1.82) is 0 Å². The van der Waals surface area contributed by atoms with Gasteiger partial charge in [0.15, 0.2) is 0 Å². The summed E-state index contributed by atoms with van der Waals surface area (Å²) in [5.41, 5.74) is 2.57. The van der Waals surface area contributed by atoms with E-state index in [9.17, 15) is 27.9 Å². The van der Waals surface area contributed by atoms with Crippen LogP contribution in [0, 0.1) is 0 Å². The summed E-state index contributed by atoms with van der Waals surface area (Å²) >= 11 is 0. The molecular weight excluding hydrogens is 482 g/mol. The predicted molar refractivity (Wildman–Crippen MR) is 131 cm³/mol. The molecule has 0 saturated carbocycles. The number of para-hydroxylation sites is 2. The van der Waals surface area contributed by atoms with E-state index in [-0.39, 0.29) is 23.6 Å². The normalized spacial score (nSPS) is 18.5. The summed E-state index contributed by atoms with van der Waals surface area (Å²) in [4.78, 5) is 38.3. The van der Waals surface area contributed by atoms with E-state index in [4.69, 9.17) is 0 Å². The Hall–Kier alpha value is -4.18. The standard InChI is InChI=1S/C26H23N3O6S/c1-16(30)27-19-10-12-20(13-11-19)36(34,35)29-22-9-5-3-7-18(22)14-23(29)25(31)28-21-8-4-2-6-17(21)15-24(28)26(32)33/h2-13,23-24H,14-15H2,1H3,(H,27,30)(H,32,33)/p-1. The highest BCUT2D eigenvalue weighted by Crippen LogP contribution is 2.40. The van der Waals surface area contributed by atoms with Gasteiger partial charge in [-0.2, -0.15) is 0 Å².